The van der Waals surface area contributed by atoms with Gasteiger partial charge in [-0.25, -0.2) is 9.78 Å². The van der Waals surface area contributed by atoms with E-state index in [1.54, 1.807) is 37.3 Å². The summed E-state index contributed by atoms with van der Waals surface area (Å²) in [5, 5.41) is 13.0. The lowest BCUT2D eigenvalue weighted by atomic mass is 10.1. The van der Waals surface area contributed by atoms with Crippen LogP contribution < -0.4 is 14.8 Å². The Balaban J connectivity index is 2.01. The summed E-state index contributed by atoms with van der Waals surface area (Å²) in [6.07, 6.45) is 2.23. The summed E-state index contributed by atoms with van der Waals surface area (Å²) in [4.78, 5) is 28.7. The van der Waals surface area contributed by atoms with Crippen LogP contribution in [0.15, 0.2) is 49.2 Å². The van der Waals surface area contributed by atoms with Gasteiger partial charge in [0.15, 0.2) is 17.2 Å². The van der Waals surface area contributed by atoms with Gasteiger partial charge in [-0.1, -0.05) is 23.7 Å². The number of aromatic hydroxyl groups is 1. The molecule has 1 amide bonds. The lowest BCUT2D eigenvalue weighted by Gasteiger charge is -2.25. The Labute approximate surface area is 185 Å². The van der Waals surface area contributed by atoms with E-state index in [1.165, 1.54) is 26.3 Å². The van der Waals surface area contributed by atoms with E-state index in [0.717, 1.165) is 0 Å². The summed E-state index contributed by atoms with van der Waals surface area (Å²) < 4.78 is 16.3. The molecule has 1 aromatic carbocycles. The molecule has 0 unspecified atom stereocenters. The van der Waals surface area contributed by atoms with Crippen molar-refractivity contribution in [3.8, 4) is 17.2 Å². The van der Waals surface area contributed by atoms with Crippen LogP contribution in [0, 0.1) is 0 Å². The van der Waals surface area contributed by atoms with Crippen molar-refractivity contribution in [1.29, 1.82) is 0 Å². The van der Waals surface area contributed by atoms with Crippen LogP contribution >= 0.6 is 11.6 Å². The molecule has 1 aromatic heterocycles. The van der Waals surface area contributed by atoms with Gasteiger partial charge in [0.05, 0.1) is 7.11 Å². The minimum Gasteiger partial charge on any atom is -0.503 e. The van der Waals surface area contributed by atoms with Crippen molar-refractivity contribution in [3.63, 3.8) is 0 Å². The van der Waals surface area contributed by atoms with Gasteiger partial charge < -0.3 is 24.6 Å². The number of nitrogens with one attached hydrogen (secondary N) is 1. The molecule has 31 heavy (non-hydrogen) atoms. The average Bonchev–Trinajstić information content (AvgIpc) is 2.73. The maximum atomic E-state index is 12.5. The zero-order chi connectivity index (χ0) is 23.0. The van der Waals surface area contributed by atoms with E-state index < -0.39 is 35.9 Å². The van der Waals surface area contributed by atoms with Gasteiger partial charge in [0.25, 0.3) is 5.91 Å². The van der Waals surface area contributed by atoms with E-state index in [0.29, 0.717) is 17.2 Å². The van der Waals surface area contributed by atoms with Crippen LogP contribution in [-0.4, -0.2) is 47.3 Å². The molecule has 0 spiro atoms. The van der Waals surface area contributed by atoms with E-state index in [2.05, 4.69) is 16.9 Å². The lowest BCUT2D eigenvalue weighted by molar-refractivity contribution is -0.154. The number of benzene rings is 1. The van der Waals surface area contributed by atoms with Gasteiger partial charge >= 0.3 is 5.97 Å². The Morgan fingerprint density at radius 1 is 1.32 bits per heavy atom. The number of amides is 1. The summed E-state index contributed by atoms with van der Waals surface area (Å²) in [7, 11) is 1.35. The molecule has 2 N–H and O–H groups in total. The quantitative estimate of drug-likeness (QED) is 0.423. The molecule has 0 saturated carbocycles. The monoisotopic (exact) mass is 448 g/mol. The van der Waals surface area contributed by atoms with Crippen LogP contribution in [0.1, 0.15) is 30.8 Å². The van der Waals surface area contributed by atoms with E-state index in [9.17, 15) is 14.7 Å². The van der Waals surface area contributed by atoms with Gasteiger partial charge in [0.1, 0.15) is 24.0 Å². The molecule has 0 saturated heterocycles. The minimum atomic E-state index is -1.00. The molecule has 0 aliphatic carbocycles. The molecule has 0 aliphatic heterocycles. The summed E-state index contributed by atoms with van der Waals surface area (Å²) in [5.41, 5.74) is -0.263. The Morgan fingerprint density at radius 2 is 2.06 bits per heavy atom. The van der Waals surface area contributed by atoms with Gasteiger partial charge in [-0.05, 0) is 32.0 Å². The molecule has 2 aromatic rings. The van der Waals surface area contributed by atoms with Gasteiger partial charge in [-0.3, -0.25) is 4.79 Å². The zero-order valence-corrected chi connectivity index (χ0v) is 18.3. The van der Waals surface area contributed by atoms with Crippen molar-refractivity contribution in [1.82, 2.24) is 10.3 Å². The number of esters is 1. The van der Waals surface area contributed by atoms with Gasteiger partial charge in [-0.2, -0.15) is 0 Å². The van der Waals surface area contributed by atoms with Crippen LogP contribution in [0.4, 0.5) is 0 Å². The average molecular weight is 449 g/mol. The third-order valence-corrected chi connectivity index (χ3v) is 4.57. The molecule has 166 valence electrons. The standard InChI is InChI=1S/C22H25ClN2O6/c1-5-7-17(31-16-9-6-8-15(23)12-16)14(3)30-22(28)13(2)25-21(27)19-20(26)18(29-4)10-11-24-19/h5-6,8-14,17,26H,1,7H2,2-4H3,(H,25,27)/t13-,14-,17+/m0/s1. The van der Waals surface area contributed by atoms with E-state index in [4.69, 9.17) is 25.8 Å². The number of carbonyl (C=O) groups is 2. The number of methoxy groups -OCH3 is 1. The molecular weight excluding hydrogens is 424 g/mol. The second-order valence-electron chi connectivity index (χ2n) is 6.69. The summed E-state index contributed by atoms with van der Waals surface area (Å²) in [6.45, 7) is 6.85. The number of pyridine rings is 1. The molecule has 3 atom stereocenters. The fourth-order valence-electron chi connectivity index (χ4n) is 2.67. The van der Waals surface area contributed by atoms with E-state index in [-0.39, 0.29) is 11.4 Å². The number of halogens is 1. The van der Waals surface area contributed by atoms with Gasteiger partial charge in [0, 0.05) is 23.7 Å². The van der Waals surface area contributed by atoms with E-state index in [1.807, 2.05) is 0 Å². The Hall–Kier alpha value is -3.26. The second-order valence-corrected chi connectivity index (χ2v) is 7.12. The van der Waals surface area contributed by atoms with E-state index >= 15 is 0 Å². The highest BCUT2D eigenvalue weighted by atomic mass is 35.5. The first-order valence-corrected chi connectivity index (χ1v) is 9.91. The number of nitrogens with zero attached hydrogens (tertiary/aromatic N) is 1. The highest BCUT2D eigenvalue weighted by Crippen LogP contribution is 2.27. The highest BCUT2D eigenvalue weighted by Gasteiger charge is 2.27. The smallest absolute Gasteiger partial charge is 0.328 e. The molecule has 9 heteroatoms. The largest absolute Gasteiger partial charge is 0.503 e. The first kappa shape index (κ1) is 24.0. The maximum Gasteiger partial charge on any atom is 0.328 e. The van der Waals surface area contributed by atoms with Crippen molar-refractivity contribution >= 4 is 23.5 Å². The van der Waals surface area contributed by atoms with Crippen LogP contribution in [-0.2, 0) is 9.53 Å². The summed E-state index contributed by atoms with van der Waals surface area (Å²) in [6, 6.07) is 7.28. The fourth-order valence-corrected chi connectivity index (χ4v) is 2.85. The number of aromatic nitrogens is 1. The normalized spacial score (nSPS) is 13.4. The molecule has 0 fully saturated rings. The third-order valence-electron chi connectivity index (χ3n) is 4.33. The molecule has 0 radical (unpaired) electrons. The number of rotatable bonds is 10. The molecule has 0 aliphatic rings. The predicted octanol–water partition coefficient (Wildman–Crippen LogP) is 3.52. The van der Waals surface area contributed by atoms with Crippen LogP contribution in [0.5, 0.6) is 17.2 Å². The molecule has 1 heterocycles. The molecule has 8 nitrogen and oxygen atoms in total. The number of carbonyl (C=O) groups excluding carboxylic acids is 2. The summed E-state index contributed by atoms with van der Waals surface area (Å²) >= 11 is 5.98. The lowest BCUT2D eigenvalue weighted by Crippen LogP contribution is -2.43. The van der Waals surface area contributed by atoms with Crippen molar-refractivity contribution in [2.24, 2.45) is 0 Å². The number of hydrogen-bond acceptors (Lipinski definition) is 7. The maximum absolute atomic E-state index is 12.5. The van der Waals surface area contributed by atoms with Crippen molar-refractivity contribution in [2.45, 2.75) is 38.5 Å². The molecule has 2 rings (SSSR count). The third kappa shape index (κ3) is 6.62. The van der Waals surface area contributed by atoms with Crippen LogP contribution in [0.2, 0.25) is 5.02 Å². The number of hydrogen-bond donors (Lipinski definition) is 2. The fraction of sp³-hybridized carbons (Fsp3) is 0.318. The SMILES string of the molecule is C=CC[C@@H](Oc1cccc(Cl)c1)[C@H](C)OC(=O)[C@H](C)NC(=O)c1nccc(OC)c1O. The van der Waals surface area contributed by atoms with Crippen LogP contribution in [0.25, 0.3) is 0 Å². The highest BCUT2D eigenvalue weighted by molar-refractivity contribution is 6.30. The van der Waals surface area contributed by atoms with Gasteiger partial charge in [-0.15, -0.1) is 6.58 Å². The van der Waals surface area contributed by atoms with Crippen molar-refractivity contribution in [3.05, 3.63) is 59.9 Å². The Kier molecular flexibility index (Phi) is 8.69. The first-order chi connectivity index (χ1) is 14.8. The van der Waals surface area contributed by atoms with Crippen molar-refractivity contribution < 1.29 is 28.9 Å². The van der Waals surface area contributed by atoms with Crippen molar-refractivity contribution in [2.75, 3.05) is 7.11 Å². The van der Waals surface area contributed by atoms with Gasteiger partial charge in [0.2, 0.25) is 0 Å². The number of ether oxygens (including phenoxy) is 3. The topological polar surface area (TPSA) is 107 Å². The minimum absolute atomic E-state index is 0.0921. The Bertz CT molecular complexity index is 936. The zero-order valence-electron chi connectivity index (χ0n) is 17.5. The predicted molar refractivity (Wildman–Crippen MR) is 116 cm³/mol. The summed E-state index contributed by atoms with van der Waals surface area (Å²) in [5.74, 6) is -1.21. The molecule has 0 bridgehead atoms. The molecular formula is C22H25ClN2O6. The second kappa shape index (κ2) is 11.2. The Morgan fingerprint density at radius 3 is 2.71 bits per heavy atom. The van der Waals surface area contributed by atoms with Crippen LogP contribution in [0.3, 0.4) is 0 Å². The first-order valence-electron chi connectivity index (χ1n) is 9.53.